The van der Waals surface area contributed by atoms with Crippen LogP contribution < -0.4 is 10.5 Å². The van der Waals surface area contributed by atoms with Gasteiger partial charge in [-0.1, -0.05) is 19.9 Å². The van der Waals surface area contributed by atoms with Gasteiger partial charge in [0.15, 0.2) is 0 Å². The summed E-state index contributed by atoms with van der Waals surface area (Å²) in [6, 6.07) is 3.93. The molecule has 0 spiro atoms. The zero-order valence-electron chi connectivity index (χ0n) is 12.6. The Balaban J connectivity index is 2.61. The largest absolute Gasteiger partial charge is 0.326 e. The van der Waals surface area contributed by atoms with E-state index in [1.54, 1.807) is 0 Å². The number of nitrogens with zero attached hydrogens (tertiary/aromatic N) is 1. The molecule has 0 aromatic heterocycles. The van der Waals surface area contributed by atoms with Gasteiger partial charge < -0.3 is 10.6 Å². The molecular weight excluding hydrogens is 293 g/mol. The molecule has 3 N–H and O–H groups in total. The summed E-state index contributed by atoms with van der Waals surface area (Å²) in [6.07, 6.45) is 0.684. The van der Waals surface area contributed by atoms with Gasteiger partial charge in [0, 0.05) is 13.1 Å². The van der Waals surface area contributed by atoms with E-state index in [-0.39, 0.29) is 18.0 Å². The normalized spacial score (nSPS) is 12.0. The van der Waals surface area contributed by atoms with Gasteiger partial charge in [0.2, 0.25) is 10.0 Å². The highest BCUT2D eigenvalue weighted by Gasteiger charge is 2.18. The lowest BCUT2D eigenvalue weighted by molar-refractivity contribution is 0.300. The van der Waals surface area contributed by atoms with Crippen LogP contribution in [0.2, 0.25) is 0 Å². The fraction of sp³-hybridized carbons (Fsp3) is 0.571. The molecule has 0 atom stereocenters. The minimum absolute atomic E-state index is 0.175. The standard InChI is InChI=1S/C14H24FN3O2S/c1-3-18(4-2)9-5-8-17-21(19,20)14-7-6-12(11-16)10-13(14)15/h6-7,10,17H,3-5,8-9,11,16H2,1-2H3. The molecule has 7 heteroatoms. The maximum atomic E-state index is 13.8. The van der Waals surface area contributed by atoms with Crippen LogP contribution in [-0.4, -0.2) is 39.5 Å². The first-order valence-corrected chi connectivity index (χ1v) is 8.63. The van der Waals surface area contributed by atoms with Crippen LogP contribution in [0.5, 0.6) is 0 Å². The molecule has 0 heterocycles. The van der Waals surface area contributed by atoms with E-state index in [4.69, 9.17) is 5.73 Å². The van der Waals surface area contributed by atoms with Crippen LogP contribution in [0.4, 0.5) is 4.39 Å². The van der Waals surface area contributed by atoms with E-state index in [1.807, 2.05) is 0 Å². The van der Waals surface area contributed by atoms with E-state index in [1.165, 1.54) is 12.1 Å². The average molecular weight is 317 g/mol. The second-order valence-electron chi connectivity index (χ2n) is 4.75. The van der Waals surface area contributed by atoms with Gasteiger partial charge >= 0.3 is 0 Å². The predicted molar refractivity (Wildman–Crippen MR) is 81.9 cm³/mol. The molecule has 0 aliphatic carbocycles. The van der Waals surface area contributed by atoms with Crippen LogP contribution in [0.1, 0.15) is 25.8 Å². The first-order chi connectivity index (χ1) is 9.94. The van der Waals surface area contributed by atoms with Crippen molar-refractivity contribution in [1.82, 2.24) is 9.62 Å². The van der Waals surface area contributed by atoms with Crippen molar-refractivity contribution in [2.75, 3.05) is 26.2 Å². The number of nitrogens with one attached hydrogen (secondary N) is 1. The summed E-state index contributed by atoms with van der Waals surface area (Å²) in [7, 11) is -3.81. The van der Waals surface area contributed by atoms with Crippen molar-refractivity contribution in [3.05, 3.63) is 29.6 Å². The third-order valence-electron chi connectivity index (χ3n) is 3.36. The topological polar surface area (TPSA) is 75.4 Å². The average Bonchev–Trinajstić information content (AvgIpc) is 2.47. The molecule has 5 nitrogen and oxygen atoms in total. The summed E-state index contributed by atoms with van der Waals surface area (Å²) in [4.78, 5) is 1.87. The molecule has 1 aromatic carbocycles. The summed E-state index contributed by atoms with van der Waals surface area (Å²) in [5.74, 6) is -0.769. The van der Waals surface area contributed by atoms with Crippen molar-refractivity contribution in [2.45, 2.75) is 31.7 Å². The van der Waals surface area contributed by atoms with E-state index >= 15 is 0 Å². The molecule has 1 rings (SSSR count). The number of hydrogen-bond acceptors (Lipinski definition) is 4. The molecule has 0 saturated heterocycles. The second kappa shape index (κ2) is 8.43. The Kier molecular flexibility index (Phi) is 7.24. The Hall–Kier alpha value is -1.02. The molecule has 0 saturated carbocycles. The predicted octanol–water partition coefficient (Wildman–Crippen LogP) is 1.29. The summed E-state index contributed by atoms with van der Waals surface area (Å²) in [5, 5.41) is 0. The van der Waals surface area contributed by atoms with Crippen LogP contribution >= 0.6 is 0 Å². The smallest absolute Gasteiger partial charge is 0.243 e. The molecule has 0 amide bonds. The first kappa shape index (κ1) is 18.0. The number of benzene rings is 1. The van der Waals surface area contributed by atoms with Crippen molar-refractivity contribution in [1.29, 1.82) is 0 Å². The maximum Gasteiger partial charge on any atom is 0.243 e. The number of rotatable bonds is 9. The monoisotopic (exact) mass is 317 g/mol. The minimum atomic E-state index is -3.81. The van der Waals surface area contributed by atoms with Crippen LogP contribution in [0.3, 0.4) is 0 Å². The van der Waals surface area contributed by atoms with E-state index in [0.717, 1.165) is 25.7 Å². The molecule has 0 aliphatic rings. The molecule has 0 bridgehead atoms. The van der Waals surface area contributed by atoms with E-state index in [0.29, 0.717) is 12.0 Å². The van der Waals surface area contributed by atoms with Crippen molar-refractivity contribution in [3.8, 4) is 0 Å². The third-order valence-corrected chi connectivity index (χ3v) is 4.85. The lowest BCUT2D eigenvalue weighted by Crippen LogP contribution is -2.30. The first-order valence-electron chi connectivity index (χ1n) is 7.15. The Morgan fingerprint density at radius 3 is 2.48 bits per heavy atom. The molecule has 120 valence electrons. The Morgan fingerprint density at radius 2 is 1.95 bits per heavy atom. The van der Waals surface area contributed by atoms with Gasteiger partial charge in [0.05, 0.1) is 0 Å². The molecule has 0 fully saturated rings. The van der Waals surface area contributed by atoms with E-state index in [9.17, 15) is 12.8 Å². The molecule has 0 aliphatic heterocycles. The quantitative estimate of drug-likeness (QED) is 0.673. The summed E-state index contributed by atoms with van der Waals surface area (Å²) < 4.78 is 40.3. The van der Waals surface area contributed by atoms with Gasteiger partial charge in [-0.05, 0) is 43.8 Å². The van der Waals surface area contributed by atoms with Crippen molar-refractivity contribution >= 4 is 10.0 Å². The minimum Gasteiger partial charge on any atom is -0.326 e. The van der Waals surface area contributed by atoms with Gasteiger partial charge in [-0.15, -0.1) is 0 Å². The van der Waals surface area contributed by atoms with Gasteiger partial charge in [-0.3, -0.25) is 0 Å². The van der Waals surface area contributed by atoms with Gasteiger partial charge in [0.1, 0.15) is 10.7 Å². The van der Waals surface area contributed by atoms with Gasteiger partial charge in [0.25, 0.3) is 0 Å². The highest BCUT2D eigenvalue weighted by Crippen LogP contribution is 2.15. The molecule has 0 unspecified atom stereocenters. The summed E-state index contributed by atoms with van der Waals surface area (Å²) in [6.45, 7) is 7.25. The van der Waals surface area contributed by atoms with Crippen molar-refractivity contribution in [3.63, 3.8) is 0 Å². The molecule has 1 aromatic rings. The fourth-order valence-electron chi connectivity index (χ4n) is 2.02. The van der Waals surface area contributed by atoms with E-state index in [2.05, 4.69) is 23.5 Å². The van der Waals surface area contributed by atoms with Crippen molar-refractivity contribution in [2.24, 2.45) is 5.73 Å². The van der Waals surface area contributed by atoms with Crippen molar-refractivity contribution < 1.29 is 12.8 Å². The maximum absolute atomic E-state index is 13.8. The zero-order chi connectivity index (χ0) is 15.9. The highest BCUT2D eigenvalue weighted by atomic mass is 32.2. The van der Waals surface area contributed by atoms with Crippen LogP contribution in [0, 0.1) is 5.82 Å². The SMILES string of the molecule is CCN(CC)CCCNS(=O)(=O)c1ccc(CN)cc1F. The number of hydrogen-bond donors (Lipinski definition) is 2. The van der Waals surface area contributed by atoms with Crippen LogP contribution in [0.25, 0.3) is 0 Å². The molecular formula is C14H24FN3O2S. The number of nitrogens with two attached hydrogens (primary N) is 1. The second-order valence-corrected chi connectivity index (χ2v) is 6.48. The van der Waals surface area contributed by atoms with Crippen LogP contribution in [-0.2, 0) is 16.6 Å². The fourth-order valence-corrected chi connectivity index (χ4v) is 3.15. The number of sulfonamides is 1. The van der Waals surface area contributed by atoms with E-state index < -0.39 is 15.8 Å². The molecule has 21 heavy (non-hydrogen) atoms. The summed E-state index contributed by atoms with van der Waals surface area (Å²) in [5.41, 5.74) is 5.96. The molecule has 0 radical (unpaired) electrons. The lowest BCUT2D eigenvalue weighted by Gasteiger charge is -2.17. The highest BCUT2D eigenvalue weighted by molar-refractivity contribution is 7.89. The van der Waals surface area contributed by atoms with Gasteiger partial charge in [-0.2, -0.15) is 0 Å². The zero-order valence-corrected chi connectivity index (χ0v) is 13.4. The van der Waals surface area contributed by atoms with Gasteiger partial charge in [-0.25, -0.2) is 17.5 Å². The Labute approximate surface area is 126 Å². The Bertz CT molecular complexity index is 545. The summed E-state index contributed by atoms with van der Waals surface area (Å²) >= 11 is 0. The Morgan fingerprint density at radius 1 is 1.29 bits per heavy atom. The number of halogens is 1. The van der Waals surface area contributed by atoms with Crippen LogP contribution in [0.15, 0.2) is 23.1 Å². The third kappa shape index (κ3) is 5.35. The lowest BCUT2D eigenvalue weighted by atomic mass is 10.2.